The van der Waals surface area contributed by atoms with Crippen LogP contribution in [0.4, 0.5) is 0 Å². The standard InChI is InChI=1S/C5H12N2/c1-5(6)7-3-2-4-7/h5H,2-4,6H2,1H3. The van der Waals surface area contributed by atoms with Gasteiger partial charge in [0.1, 0.15) is 0 Å². The van der Waals surface area contributed by atoms with Crippen LogP contribution in [0.25, 0.3) is 0 Å². The fraction of sp³-hybridized carbons (Fsp3) is 1.00. The number of nitrogens with zero attached hydrogens (tertiary/aromatic N) is 1. The molecule has 0 bridgehead atoms. The second-order valence-electron chi connectivity index (χ2n) is 2.13. The normalized spacial score (nSPS) is 26.6. The lowest BCUT2D eigenvalue weighted by Gasteiger charge is -2.33. The van der Waals surface area contributed by atoms with E-state index in [0.717, 1.165) is 0 Å². The summed E-state index contributed by atoms with van der Waals surface area (Å²) in [5.74, 6) is 0. The molecule has 2 N–H and O–H groups in total. The maximum absolute atomic E-state index is 5.52. The van der Waals surface area contributed by atoms with E-state index in [0.29, 0.717) is 0 Å². The number of rotatable bonds is 1. The van der Waals surface area contributed by atoms with Gasteiger partial charge in [-0.25, -0.2) is 0 Å². The molecule has 2 heteroatoms. The van der Waals surface area contributed by atoms with Gasteiger partial charge >= 0.3 is 0 Å². The van der Waals surface area contributed by atoms with Crippen molar-refractivity contribution in [2.45, 2.75) is 19.5 Å². The molecule has 0 radical (unpaired) electrons. The van der Waals surface area contributed by atoms with Gasteiger partial charge in [-0.15, -0.1) is 0 Å². The van der Waals surface area contributed by atoms with Gasteiger partial charge < -0.3 is 5.73 Å². The molecule has 1 rings (SSSR count). The van der Waals surface area contributed by atoms with E-state index >= 15 is 0 Å². The highest BCUT2D eigenvalue weighted by molar-refractivity contribution is 4.70. The third-order valence-electron chi connectivity index (χ3n) is 1.47. The zero-order chi connectivity index (χ0) is 5.28. The molecule has 7 heavy (non-hydrogen) atoms. The summed E-state index contributed by atoms with van der Waals surface area (Å²) in [6, 6.07) is 0. The van der Waals surface area contributed by atoms with Crippen molar-refractivity contribution in [1.29, 1.82) is 0 Å². The molecular formula is C5H12N2. The average molecular weight is 100 g/mol. The van der Waals surface area contributed by atoms with Crippen LogP contribution < -0.4 is 5.73 Å². The van der Waals surface area contributed by atoms with Gasteiger partial charge in [-0.2, -0.15) is 0 Å². The Labute approximate surface area is 44.3 Å². The van der Waals surface area contributed by atoms with Crippen molar-refractivity contribution in [3.05, 3.63) is 0 Å². The Hall–Kier alpha value is -0.0800. The lowest BCUT2D eigenvalue weighted by Crippen LogP contribution is -2.47. The van der Waals surface area contributed by atoms with Crippen molar-refractivity contribution in [3.8, 4) is 0 Å². The Kier molecular flexibility index (Phi) is 1.30. The zero-order valence-corrected chi connectivity index (χ0v) is 4.72. The topological polar surface area (TPSA) is 29.3 Å². The summed E-state index contributed by atoms with van der Waals surface area (Å²) >= 11 is 0. The minimum Gasteiger partial charge on any atom is -0.316 e. The van der Waals surface area contributed by atoms with Crippen molar-refractivity contribution in [2.24, 2.45) is 5.73 Å². The average Bonchev–Trinajstić information content (AvgIpc) is 1.23. The van der Waals surface area contributed by atoms with Gasteiger partial charge in [-0.1, -0.05) is 0 Å². The lowest BCUT2D eigenvalue weighted by molar-refractivity contribution is 0.132. The summed E-state index contributed by atoms with van der Waals surface area (Å²) in [6.45, 7) is 4.44. The predicted molar refractivity (Wildman–Crippen MR) is 29.8 cm³/mol. The SMILES string of the molecule is CC(N)N1CCC1. The van der Waals surface area contributed by atoms with Gasteiger partial charge in [0.15, 0.2) is 0 Å². The highest BCUT2D eigenvalue weighted by Gasteiger charge is 2.15. The molecular weight excluding hydrogens is 88.1 g/mol. The first-order valence-electron chi connectivity index (χ1n) is 2.80. The van der Waals surface area contributed by atoms with Crippen molar-refractivity contribution in [3.63, 3.8) is 0 Å². The number of likely N-dealkylation sites (tertiary alicyclic amines) is 1. The van der Waals surface area contributed by atoms with Crippen LogP contribution >= 0.6 is 0 Å². The van der Waals surface area contributed by atoms with Crippen LogP contribution in [0, 0.1) is 0 Å². The van der Waals surface area contributed by atoms with E-state index in [1.165, 1.54) is 19.5 Å². The second-order valence-corrected chi connectivity index (χ2v) is 2.13. The summed E-state index contributed by atoms with van der Waals surface area (Å²) in [4.78, 5) is 2.25. The molecule has 0 saturated carbocycles. The fourth-order valence-corrected chi connectivity index (χ4v) is 0.748. The van der Waals surface area contributed by atoms with Crippen LogP contribution in [0.3, 0.4) is 0 Å². The first kappa shape index (κ1) is 5.06. The first-order chi connectivity index (χ1) is 3.30. The minimum absolute atomic E-state index is 0.286. The Morgan fingerprint density at radius 2 is 2.14 bits per heavy atom. The van der Waals surface area contributed by atoms with Gasteiger partial charge in [0.05, 0.1) is 6.17 Å². The first-order valence-corrected chi connectivity index (χ1v) is 2.80. The summed E-state index contributed by atoms with van der Waals surface area (Å²) in [7, 11) is 0. The summed E-state index contributed by atoms with van der Waals surface area (Å²) in [5, 5.41) is 0. The summed E-state index contributed by atoms with van der Waals surface area (Å²) in [5.41, 5.74) is 5.52. The van der Waals surface area contributed by atoms with E-state index in [9.17, 15) is 0 Å². The van der Waals surface area contributed by atoms with E-state index in [2.05, 4.69) is 4.90 Å². The Morgan fingerprint density at radius 3 is 2.14 bits per heavy atom. The van der Waals surface area contributed by atoms with Crippen LogP contribution in [0.5, 0.6) is 0 Å². The van der Waals surface area contributed by atoms with Gasteiger partial charge in [0, 0.05) is 13.1 Å². The highest BCUT2D eigenvalue weighted by atomic mass is 15.2. The fourth-order valence-electron chi connectivity index (χ4n) is 0.748. The van der Waals surface area contributed by atoms with Gasteiger partial charge in [-0.3, -0.25) is 4.90 Å². The van der Waals surface area contributed by atoms with Gasteiger partial charge in [0.2, 0.25) is 0 Å². The van der Waals surface area contributed by atoms with Crippen LogP contribution in [-0.2, 0) is 0 Å². The predicted octanol–water partition coefficient (Wildman–Crippen LogP) is -0.00320. The van der Waals surface area contributed by atoms with Crippen LogP contribution in [0.1, 0.15) is 13.3 Å². The quantitative estimate of drug-likeness (QED) is 0.502. The van der Waals surface area contributed by atoms with E-state index < -0.39 is 0 Å². The molecule has 1 saturated heterocycles. The highest BCUT2D eigenvalue weighted by Crippen LogP contribution is 2.05. The van der Waals surface area contributed by atoms with Crippen molar-refractivity contribution in [1.82, 2.24) is 4.90 Å². The van der Waals surface area contributed by atoms with Crippen LogP contribution in [-0.4, -0.2) is 24.2 Å². The Balaban J connectivity index is 2.14. The molecule has 1 atom stereocenters. The molecule has 0 aromatic carbocycles. The van der Waals surface area contributed by atoms with Crippen molar-refractivity contribution in [2.75, 3.05) is 13.1 Å². The Morgan fingerprint density at radius 1 is 1.57 bits per heavy atom. The molecule has 1 unspecified atom stereocenters. The van der Waals surface area contributed by atoms with E-state index in [4.69, 9.17) is 5.73 Å². The molecule has 2 nitrogen and oxygen atoms in total. The van der Waals surface area contributed by atoms with Crippen LogP contribution in [0.15, 0.2) is 0 Å². The van der Waals surface area contributed by atoms with Crippen molar-refractivity contribution >= 4 is 0 Å². The zero-order valence-electron chi connectivity index (χ0n) is 4.72. The molecule has 1 fully saturated rings. The second kappa shape index (κ2) is 1.80. The number of hydrogen-bond acceptors (Lipinski definition) is 2. The molecule has 0 amide bonds. The Bertz CT molecular complexity index is 57.1. The lowest BCUT2D eigenvalue weighted by atomic mass is 10.2. The van der Waals surface area contributed by atoms with E-state index in [-0.39, 0.29) is 6.17 Å². The minimum atomic E-state index is 0.286. The smallest absolute Gasteiger partial charge is 0.0542 e. The largest absolute Gasteiger partial charge is 0.316 e. The van der Waals surface area contributed by atoms with E-state index in [1.807, 2.05) is 6.92 Å². The third kappa shape index (κ3) is 0.924. The molecule has 1 aliphatic rings. The monoisotopic (exact) mass is 100 g/mol. The molecule has 0 aromatic rings. The molecule has 42 valence electrons. The third-order valence-corrected chi connectivity index (χ3v) is 1.47. The molecule has 0 aromatic heterocycles. The number of nitrogens with two attached hydrogens (primary N) is 1. The molecule has 0 aliphatic carbocycles. The van der Waals surface area contributed by atoms with Gasteiger partial charge in [0.25, 0.3) is 0 Å². The summed E-state index contributed by atoms with van der Waals surface area (Å²) < 4.78 is 0. The molecule has 0 spiro atoms. The maximum atomic E-state index is 5.52. The van der Waals surface area contributed by atoms with Crippen LogP contribution in [0.2, 0.25) is 0 Å². The summed E-state index contributed by atoms with van der Waals surface area (Å²) in [6.07, 6.45) is 1.62. The van der Waals surface area contributed by atoms with Gasteiger partial charge in [-0.05, 0) is 13.3 Å². The molecule has 1 heterocycles. The van der Waals surface area contributed by atoms with Crippen molar-refractivity contribution < 1.29 is 0 Å². The number of hydrogen-bond donors (Lipinski definition) is 1. The maximum Gasteiger partial charge on any atom is 0.0542 e. The molecule has 1 aliphatic heterocycles. The van der Waals surface area contributed by atoms with E-state index in [1.54, 1.807) is 0 Å².